The molecule has 0 aromatic carbocycles. The predicted octanol–water partition coefficient (Wildman–Crippen LogP) is 5.13. The Morgan fingerprint density at radius 3 is 2.30 bits per heavy atom. The number of hydrogen-bond acceptors (Lipinski definition) is 5. The minimum Gasteiger partial charge on any atom is -0.466 e. The highest BCUT2D eigenvalue weighted by atomic mass is 16.5. The zero-order chi connectivity index (χ0) is 24.0. The molecule has 1 saturated heterocycles. The van der Waals surface area contributed by atoms with Crippen molar-refractivity contribution in [2.45, 2.75) is 33.6 Å². The molecular formula is C28H33NO4. The first-order valence-corrected chi connectivity index (χ1v) is 11.4. The van der Waals surface area contributed by atoms with Gasteiger partial charge in [-0.2, -0.15) is 0 Å². The molecule has 0 aromatic rings. The van der Waals surface area contributed by atoms with E-state index in [0.717, 1.165) is 35.4 Å². The molecule has 33 heavy (non-hydrogen) atoms. The normalized spacial score (nSPS) is 19.0. The molecule has 1 heterocycles. The highest BCUT2D eigenvalue weighted by Crippen LogP contribution is 2.38. The quantitative estimate of drug-likeness (QED) is 0.417. The molecule has 0 radical (unpaired) electrons. The fraction of sp³-hybridized carbons (Fsp3) is 0.357. The van der Waals surface area contributed by atoms with Crippen molar-refractivity contribution in [2.24, 2.45) is 5.92 Å². The number of hydrogen-bond donors (Lipinski definition) is 0. The molecule has 5 nitrogen and oxygen atoms in total. The summed E-state index contributed by atoms with van der Waals surface area (Å²) in [6.07, 6.45) is 19.8. The van der Waals surface area contributed by atoms with Crippen molar-refractivity contribution in [2.75, 3.05) is 27.3 Å². The lowest BCUT2D eigenvalue weighted by Crippen LogP contribution is -2.12. The SMILES string of the molecule is COC(=O)/C=C/C1=C(C(=O)OC)C2=C(C)C=CC(C(C)C)=CC2=C(/C=C/N2CCCC2)C=C1. The monoisotopic (exact) mass is 447 g/mol. The Morgan fingerprint density at radius 2 is 1.67 bits per heavy atom. The summed E-state index contributed by atoms with van der Waals surface area (Å²) in [6, 6.07) is 0. The fourth-order valence-corrected chi connectivity index (χ4v) is 4.13. The zero-order valence-corrected chi connectivity index (χ0v) is 20.2. The molecule has 3 aliphatic rings. The van der Waals surface area contributed by atoms with E-state index in [-0.39, 0.29) is 0 Å². The summed E-state index contributed by atoms with van der Waals surface area (Å²) in [7, 11) is 2.70. The van der Waals surface area contributed by atoms with E-state index in [1.165, 1.54) is 38.7 Å². The Morgan fingerprint density at radius 1 is 0.970 bits per heavy atom. The Labute approximate surface area is 196 Å². The van der Waals surface area contributed by atoms with Gasteiger partial charge in [-0.15, -0.1) is 0 Å². The van der Waals surface area contributed by atoms with Crippen LogP contribution in [0.15, 0.2) is 93.8 Å². The van der Waals surface area contributed by atoms with Crippen LogP contribution in [0.25, 0.3) is 0 Å². The molecule has 0 spiro atoms. The van der Waals surface area contributed by atoms with Gasteiger partial charge in [0, 0.05) is 24.7 Å². The smallest absolute Gasteiger partial charge is 0.339 e. The molecule has 1 fully saturated rings. The van der Waals surface area contributed by atoms with E-state index in [4.69, 9.17) is 9.47 Å². The van der Waals surface area contributed by atoms with E-state index in [1.54, 1.807) is 6.08 Å². The van der Waals surface area contributed by atoms with Crippen LogP contribution in [0.2, 0.25) is 0 Å². The van der Waals surface area contributed by atoms with Gasteiger partial charge in [-0.3, -0.25) is 0 Å². The summed E-state index contributed by atoms with van der Waals surface area (Å²) in [5.41, 5.74) is 5.94. The van der Waals surface area contributed by atoms with Crippen LogP contribution in [0.4, 0.5) is 0 Å². The zero-order valence-electron chi connectivity index (χ0n) is 20.2. The van der Waals surface area contributed by atoms with E-state index in [0.29, 0.717) is 17.1 Å². The van der Waals surface area contributed by atoms with Crippen LogP contribution in [0.3, 0.4) is 0 Å². The average Bonchev–Trinajstić information content (AvgIpc) is 3.20. The first-order chi connectivity index (χ1) is 15.8. The van der Waals surface area contributed by atoms with E-state index in [1.807, 2.05) is 25.2 Å². The second-order valence-corrected chi connectivity index (χ2v) is 8.63. The summed E-state index contributed by atoms with van der Waals surface area (Å²) in [4.78, 5) is 27.2. The maximum absolute atomic E-state index is 13.1. The molecule has 5 heteroatoms. The number of fused-ring (bicyclic) bond motifs is 1. The standard InChI is InChI=1S/C28H33NO4/c1-19(2)23-9-8-20(3)26-24(18-23)21(14-17-29-15-6-7-16-29)10-11-22(12-13-25(30)32-4)27(26)28(31)33-5/h8-14,17-19H,6-7,15-16H2,1-5H3/b13-12+,17-14+. The first kappa shape index (κ1) is 24.3. The Kier molecular flexibility index (Phi) is 8.10. The average molecular weight is 448 g/mol. The van der Waals surface area contributed by atoms with Crippen molar-refractivity contribution in [1.82, 2.24) is 4.90 Å². The summed E-state index contributed by atoms with van der Waals surface area (Å²) in [5, 5.41) is 0. The summed E-state index contributed by atoms with van der Waals surface area (Å²) >= 11 is 0. The van der Waals surface area contributed by atoms with Crippen molar-refractivity contribution in [3.8, 4) is 0 Å². The van der Waals surface area contributed by atoms with Gasteiger partial charge in [-0.25, -0.2) is 9.59 Å². The minimum atomic E-state index is -0.486. The lowest BCUT2D eigenvalue weighted by atomic mass is 9.88. The number of carbonyl (C=O) groups is 2. The summed E-state index contributed by atoms with van der Waals surface area (Å²) < 4.78 is 9.94. The second kappa shape index (κ2) is 11.0. The van der Waals surface area contributed by atoms with Gasteiger partial charge in [0.15, 0.2) is 0 Å². The van der Waals surface area contributed by atoms with E-state index < -0.39 is 11.9 Å². The highest BCUT2D eigenvalue weighted by molar-refractivity contribution is 5.99. The minimum absolute atomic E-state index is 0.321. The largest absolute Gasteiger partial charge is 0.466 e. The van der Waals surface area contributed by atoms with Crippen LogP contribution in [0.1, 0.15) is 33.6 Å². The Balaban J connectivity index is 2.26. The topological polar surface area (TPSA) is 55.8 Å². The molecule has 0 aromatic heterocycles. The molecular weight excluding hydrogens is 414 g/mol. The number of ether oxygens (including phenoxy) is 2. The third-order valence-electron chi connectivity index (χ3n) is 6.05. The molecule has 0 saturated carbocycles. The lowest BCUT2D eigenvalue weighted by molar-refractivity contribution is -0.136. The van der Waals surface area contributed by atoms with Crippen molar-refractivity contribution >= 4 is 11.9 Å². The van der Waals surface area contributed by atoms with Gasteiger partial charge in [0.2, 0.25) is 0 Å². The van der Waals surface area contributed by atoms with Gasteiger partial charge in [0.1, 0.15) is 0 Å². The summed E-state index contributed by atoms with van der Waals surface area (Å²) in [6.45, 7) is 8.42. The molecule has 0 unspecified atom stereocenters. The van der Waals surface area contributed by atoms with Crippen LogP contribution < -0.4 is 0 Å². The van der Waals surface area contributed by atoms with Crippen molar-refractivity contribution < 1.29 is 19.1 Å². The Bertz CT molecular complexity index is 1050. The van der Waals surface area contributed by atoms with Gasteiger partial charge in [-0.05, 0) is 71.9 Å². The molecule has 0 bridgehead atoms. The van der Waals surface area contributed by atoms with Crippen LogP contribution in [-0.4, -0.2) is 44.1 Å². The van der Waals surface area contributed by atoms with E-state index in [9.17, 15) is 9.59 Å². The van der Waals surface area contributed by atoms with Crippen LogP contribution in [0, 0.1) is 5.92 Å². The van der Waals surface area contributed by atoms with E-state index in [2.05, 4.69) is 43.2 Å². The molecule has 174 valence electrons. The summed E-state index contributed by atoms with van der Waals surface area (Å²) in [5.74, 6) is -0.614. The number of methoxy groups -OCH3 is 2. The van der Waals surface area contributed by atoms with Gasteiger partial charge >= 0.3 is 11.9 Å². The van der Waals surface area contributed by atoms with Crippen molar-refractivity contribution in [3.63, 3.8) is 0 Å². The first-order valence-electron chi connectivity index (χ1n) is 11.4. The Hall–Kier alpha value is -3.34. The number of allylic oxidation sites excluding steroid dienone is 12. The van der Waals surface area contributed by atoms with Crippen LogP contribution in [0.5, 0.6) is 0 Å². The predicted molar refractivity (Wildman–Crippen MR) is 131 cm³/mol. The number of likely N-dealkylation sites (tertiary alicyclic amines) is 1. The van der Waals surface area contributed by atoms with Gasteiger partial charge in [-0.1, -0.05) is 44.2 Å². The van der Waals surface area contributed by atoms with Gasteiger partial charge in [0.25, 0.3) is 0 Å². The number of nitrogens with zero attached hydrogens (tertiary/aromatic N) is 1. The maximum Gasteiger partial charge on any atom is 0.339 e. The van der Waals surface area contributed by atoms with Crippen molar-refractivity contribution in [1.29, 1.82) is 0 Å². The van der Waals surface area contributed by atoms with Crippen LogP contribution in [-0.2, 0) is 19.1 Å². The van der Waals surface area contributed by atoms with E-state index >= 15 is 0 Å². The molecule has 0 atom stereocenters. The molecule has 0 amide bonds. The lowest BCUT2D eigenvalue weighted by Gasteiger charge is -2.17. The molecule has 2 aliphatic carbocycles. The molecule has 3 rings (SSSR count). The highest BCUT2D eigenvalue weighted by Gasteiger charge is 2.27. The van der Waals surface area contributed by atoms with Gasteiger partial charge in [0.05, 0.1) is 19.8 Å². The number of esters is 2. The van der Waals surface area contributed by atoms with Gasteiger partial charge < -0.3 is 14.4 Å². The number of carbonyl (C=O) groups excluding carboxylic acids is 2. The van der Waals surface area contributed by atoms with Crippen molar-refractivity contribution in [3.05, 3.63) is 93.8 Å². The third-order valence-corrected chi connectivity index (χ3v) is 6.05. The third kappa shape index (κ3) is 5.72. The molecule has 0 N–H and O–H groups in total. The molecule has 1 aliphatic heterocycles. The second-order valence-electron chi connectivity index (χ2n) is 8.63. The maximum atomic E-state index is 13.1. The fourth-order valence-electron chi connectivity index (χ4n) is 4.13. The number of rotatable bonds is 6. The van der Waals surface area contributed by atoms with Crippen LogP contribution >= 0.6 is 0 Å².